The van der Waals surface area contributed by atoms with E-state index < -0.39 is 0 Å². The molecule has 0 spiro atoms. The highest BCUT2D eigenvalue weighted by Crippen LogP contribution is 2.09. The zero-order valence-corrected chi connectivity index (χ0v) is 16.2. The third kappa shape index (κ3) is 17.5. The lowest BCUT2D eigenvalue weighted by Gasteiger charge is -2.10. The van der Waals surface area contributed by atoms with Gasteiger partial charge in [0.1, 0.15) is 0 Å². The van der Waals surface area contributed by atoms with E-state index >= 15 is 0 Å². The summed E-state index contributed by atoms with van der Waals surface area (Å²) in [4.78, 5) is 11.5. The molecule has 0 heterocycles. The van der Waals surface area contributed by atoms with Gasteiger partial charge in [0.05, 0.1) is 6.61 Å². The van der Waals surface area contributed by atoms with Crippen molar-refractivity contribution in [1.29, 1.82) is 0 Å². The molecule has 0 rings (SSSR count). The first-order chi connectivity index (χ1) is 11.7. The Balaban J connectivity index is 3.22. The minimum Gasteiger partial charge on any atom is -0.394 e. The van der Waals surface area contributed by atoms with Gasteiger partial charge in [-0.25, -0.2) is 0 Å². The van der Waals surface area contributed by atoms with Gasteiger partial charge in [0.15, 0.2) is 0 Å². The lowest BCUT2D eigenvalue weighted by atomic mass is 10.1. The molecule has 0 aliphatic carbocycles. The number of aliphatic hydroxyl groups is 1. The van der Waals surface area contributed by atoms with Crippen molar-refractivity contribution in [3.63, 3.8) is 0 Å². The minimum absolute atomic E-state index is 0.0120. The molecule has 0 aliphatic rings. The van der Waals surface area contributed by atoms with Crippen molar-refractivity contribution in [2.24, 2.45) is 0 Å². The fourth-order valence-electron chi connectivity index (χ4n) is 2.75. The average Bonchev–Trinajstić information content (AvgIpc) is 2.58. The van der Waals surface area contributed by atoms with Gasteiger partial charge in [0, 0.05) is 12.5 Å². The summed E-state index contributed by atoms with van der Waals surface area (Å²) in [6.45, 7) is 4.09. The number of carbonyl (C=O) groups excluding carboxylic acids is 1. The zero-order chi connectivity index (χ0) is 17.9. The predicted molar refractivity (Wildman–Crippen MR) is 104 cm³/mol. The standard InChI is InChI=1S/C21H41NO2/c1-3-4-5-6-7-8-9-10-11-12-13-14-15-16-17-18-21(24)22-20(2)19-23/h10-11,20,23H,3-9,12-19H2,1-2H3,(H,22,24)/b11-10-. The monoisotopic (exact) mass is 339 g/mol. The highest BCUT2D eigenvalue weighted by Gasteiger charge is 2.05. The molecule has 1 atom stereocenters. The van der Waals surface area contributed by atoms with Crippen molar-refractivity contribution < 1.29 is 9.90 Å². The Morgan fingerprint density at radius 3 is 1.92 bits per heavy atom. The summed E-state index contributed by atoms with van der Waals surface area (Å²) < 4.78 is 0. The number of hydrogen-bond donors (Lipinski definition) is 2. The van der Waals surface area contributed by atoms with Crippen LogP contribution in [0.2, 0.25) is 0 Å². The molecule has 0 radical (unpaired) electrons. The normalized spacial score (nSPS) is 12.6. The Labute approximate surface area is 150 Å². The van der Waals surface area contributed by atoms with Crippen molar-refractivity contribution in [3.05, 3.63) is 12.2 Å². The number of nitrogens with one attached hydrogen (secondary N) is 1. The fourth-order valence-corrected chi connectivity index (χ4v) is 2.75. The summed E-state index contributed by atoms with van der Waals surface area (Å²) in [5, 5.41) is 11.6. The summed E-state index contributed by atoms with van der Waals surface area (Å²) in [7, 11) is 0. The number of unbranched alkanes of at least 4 members (excludes halogenated alkanes) is 11. The quantitative estimate of drug-likeness (QED) is 0.271. The van der Waals surface area contributed by atoms with Crippen molar-refractivity contribution in [3.8, 4) is 0 Å². The zero-order valence-electron chi connectivity index (χ0n) is 16.2. The Kier molecular flexibility index (Phi) is 17.9. The molecule has 142 valence electrons. The van der Waals surface area contributed by atoms with Gasteiger partial charge in [0.25, 0.3) is 0 Å². The van der Waals surface area contributed by atoms with Gasteiger partial charge in [-0.1, -0.05) is 70.4 Å². The van der Waals surface area contributed by atoms with Gasteiger partial charge >= 0.3 is 0 Å². The van der Waals surface area contributed by atoms with Crippen LogP contribution in [0.25, 0.3) is 0 Å². The molecule has 1 amide bonds. The Hall–Kier alpha value is -0.830. The molecule has 0 bridgehead atoms. The van der Waals surface area contributed by atoms with E-state index in [1.54, 1.807) is 0 Å². The van der Waals surface area contributed by atoms with Crippen molar-refractivity contribution in [1.82, 2.24) is 5.32 Å². The largest absolute Gasteiger partial charge is 0.394 e. The van der Waals surface area contributed by atoms with Crippen LogP contribution in [0.3, 0.4) is 0 Å². The second kappa shape index (κ2) is 18.5. The predicted octanol–water partition coefficient (Wildman–Crippen LogP) is 5.52. The van der Waals surface area contributed by atoms with E-state index in [2.05, 4.69) is 24.4 Å². The van der Waals surface area contributed by atoms with Gasteiger partial charge in [-0.15, -0.1) is 0 Å². The van der Waals surface area contributed by atoms with Crippen LogP contribution in [0.5, 0.6) is 0 Å². The number of allylic oxidation sites excluding steroid dienone is 2. The van der Waals surface area contributed by atoms with E-state index in [0.717, 1.165) is 12.8 Å². The van der Waals surface area contributed by atoms with Crippen molar-refractivity contribution >= 4 is 5.91 Å². The highest BCUT2D eigenvalue weighted by molar-refractivity contribution is 5.76. The first-order valence-electron chi connectivity index (χ1n) is 10.3. The van der Waals surface area contributed by atoms with E-state index in [9.17, 15) is 4.79 Å². The molecule has 0 saturated carbocycles. The number of carbonyl (C=O) groups is 1. The summed E-state index contributed by atoms with van der Waals surface area (Å²) in [6, 6.07) is -0.124. The van der Waals surface area contributed by atoms with E-state index in [0.29, 0.717) is 6.42 Å². The third-order valence-electron chi connectivity index (χ3n) is 4.35. The SMILES string of the molecule is CCCCCCCC/C=C\CCCCCCCC(=O)NC(C)CO. The van der Waals surface area contributed by atoms with Crippen LogP contribution in [0.15, 0.2) is 12.2 Å². The number of amides is 1. The molecule has 3 nitrogen and oxygen atoms in total. The lowest BCUT2D eigenvalue weighted by Crippen LogP contribution is -2.34. The van der Waals surface area contributed by atoms with Crippen LogP contribution in [-0.2, 0) is 4.79 Å². The molecule has 0 aromatic carbocycles. The lowest BCUT2D eigenvalue weighted by molar-refractivity contribution is -0.122. The van der Waals surface area contributed by atoms with E-state index in [4.69, 9.17) is 5.11 Å². The maximum Gasteiger partial charge on any atom is 0.220 e. The molecular formula is C21H41NO2. The van der Waals surface area contributed by atoms with Crippen LogP contribution in [0.1, 0.15) is 104 Å². The van der Waals surface area contributed by atoms with Crippen LogP contribution in [0, 0.1) is 0 Å². The molecule has 24 heavy (non-hydrogen) atoms. The first-order valence-corrected chi connectivity index (χ1v) is 10.3. The van der Waals surface area contributed by atoms with Crippen LogP contribution in [-0.4, -0.2) is 23.7 Å². The van der Waals surface area contributed by atoms with Crippen LogP contribution in [0.4, 0.5) is 0 Å². The Morgan fingerprint density at radius 1 is 0.875 bits per heavy atom. The van der Waals surface area contributed by atoms with E-state index in [1.807, 2.05) is 6.92 Å². The molecule has 2 N–H and O–H groups in total. The van der Waals surface area contributed by atoms with Crippen LogP contribution >= 0.6 is 0 Å². The smallest absolute Gasteiger partial charge is 0.220 e. The number of aliphatic hydroxyl groups excluding tert-OH is 1. The van der Waals surface area contributed by atoms with E-state index in [-0.39, 0.29) is 18.6 Å². The van der Waals surface area contributed by atoms with Gasteiger partial charge < -0.3 is 10.4 Å². The van der Waals surface area contributed by atoms with Crippen molar-refractivity contribution in [2.75, 3.05) is 6.61 Å². The first kappa shape index (κ1) is 23.2. The third-order valence-corrected chi connectivity index (χ3v) is 4.35. The average molecular weight is 340 g/mol. The summed E-state index contributed by atoms with van der Waals surface area (Å²) in [5.41, 5.74) is 0. The summed E-state index contributed by atoms with van der Waals surface area (Å²) in [5.74, 6) is 0.0641. The maximum absolute atomic E-state index is 11.5. The number of rotatable bonds is 17. The van der Waals surface area contributed by atoms with Crippen LogP contribution < -0.4 is 5.32 Å². The molecular weight excluding hydrogens is 298 g/mol. The van der Waals surface area contributed by atoms with E-state index in [1.165, 1.54) is 70.6 Å². The summed E-state index contributed by atoms with van der Waals surface area (Å²) >= 11 is 0. The highest BCUT2D eigenvalue weighted by atomic mass is 16.3. The molecule has 3 heteroatoms. The van der Waals surface area contributed by atoms with Gasteiger partial charge in [-0.05, 0) is 39.0 Å². The second-order valence-electron chi connectivity index (χ2n) is 6.99. The number of hydrogen-bond acceptors (Lipinski definition) is 2. The molecule has 0 saturated heterocycles. The molecule has 0 aromatic heterocycles. The molecule has 0 fully saturated rings. The maximum atomic E-state index is 11.5. The Bertz CT molecular complexity index is 302. The molecule has 0 aromatic rings. The van der Waals surface area contributed by atoms with Gasteiger partial charge in [-0.3, -0.25) is 4.79 Å². The molecule has 1 unspecified atom stereocenters. The Morgan fingerprint density at radius 2 is 1.38 bits per heavy atom. The second-order valence-corrected chi connectivity index (χ2v) is 6.99. The minimum atomic E-state index is -0.124. The van der Waals surface area contributed by atoms with Crippen molar-refractivity contribution in [2.45, 2.75) is 110 Å². The van der Waals surface area contributed by atoms with Gasteiger partial charge in [0.2, 0.25) is 5.91 Å². The topological polar surface area (TPSA) is 49.3 Å². The summed E-state index contributed by atoms with van der Waals surface area (Å²) in [6.07, 6.45) is 21.8. The van der Waals surface area contributed by atoms with Gasteiger partial charge in [-0.2, -0.15) is 0 Å². The fraction of sp³-hybridized carbons (Fsp3) is 0.857. The molecule has 0 aliphatic heterocycles.